The molecule has 122 valence electrons. The lowest BCUT2D eigenvalue weighted by atomic mass is 9.98. The molecule has 0 N–H and O–H groups in total. The molecule has 0 amide bonds. The highest BCUT2D eigenvalue weighted by Gasteiger charge is 2.42. The van der Waals surface area contributed by atoms with Crippen LogP contribution in [0.4, 0.5) is 13.2 Å². The zero-order valence-corrected chi connectivity index (χ0v) is 11.8. The molecule has 0 bridgehead atoms. The predicted octanol–water partition coefficient (Wildman–Crippen LogP) is 3.21. The Kier molecular flexibility index (Phi) is 5.31. The van der Waals surface area contributed by atoms with Crippen molar-refractivity contribution in [1.82, 2.24) is 9.78 Å². The molecule has 1 rings (SSSR count). The number of carbonyl (C=O) groups is 1. The van der Waals surface area contributed by atoms with Crippen molar-refractivity contribution in [3.8, 4) is 6.07 Å². The van der Waals surface area contributed by atoms with Crippen molar-refractivity contribution in [1.29, 1.82) is 5.26 Å². The van der Waals surface area contributed by atoms with Gasteiger partial charge in [0.05, 0.1) is 12.7 Å². The van der Waals surface area contributed by atoms with E-state index < -0.39 is 35.5 Å². The van der Waals surface area contributed by atoms with Crippen molar-refractivity contribution in [2.24, 2.45) is 0 Å². The highest BCUT2D eigenvalue weighted by atomic mass is 19.4. The Hall–Kier alpha value is -3.07. The fourth-order valence-corrected chi connectivity index (χ4v) is 1.76. The second-order valence-electron chi connectivity index (χ2n) is 4.41. The molecule has 6 nitrogen and oxygen atoms in total. The minimum atomic E-state index is -4.90. The van der Waals surface area contributed by atoms with Crippen molar-refractivity contribution < 1.29 is 24.1 Å². The van der Waals surface area contributed by atoms with Crippen LogP contribution >= 0.6 is 0 Å². The molecule has 0 fully saturated rings. The fourth-order valence-electron chi connectivity index (χ4n) is 1.76. The van der Waals surface area contributed by atoms with E-state index in [9.17, 15) is 18.0 Å². The zero-order chi connectivity index (χ0) is 17.7. The van der Waals surface area contributed by atoms with Gasteiger partial charge in [0.25, 0.3) is 0 Å². The van der Waals surface area contributed by atoms with Crippen LogP contribution in [0.3, 0.4) is 0 Å². The third-order valence-corrected chi connectivity index (χ3v) is 2.77. The molecule has 0 saturated carbocycles. The molecule has 1 unspecified atom stereocenters. The number of rotatable bonds is 6. The van der Waals surface area contributed by atoms with Crippen molar-refractivity contribution >= 4 is 5.97 Å². The summed E-state index contributed by atoms with van der Waals surface area (Å²) >= 11 is 0. The average molecular weight is 326 g/mol. The first-order chi connectivity index (χ1) is 10.7. The van der Waals surface area contributed by atoms with Gasteiger partial charge in [0.15, 0.2) is 11.8 Å². The molecule has 9 heteroatoms. The molecule has 1 aromatic rings. The Bertz CT molecular complexity index is 699. The van der Waals surface area contributed by atoms with E-state index in [1.54, 1.807) is 6.07 Å². The smallest absolute Gasteiger partial charge is 0.431 e. The Labute approximate surface area is 131 Å². The molecule has 23 heavy (non-hydrogen) atoms. The summed E-state index contributed by atoms with van der Waals surface area (Å²) < 4.78 is 43.9. The molecule has 0 aliphatic rings. The number of carbonyl (C=O) groups excluding carboxylic acids is 1. The minimum Gasteiger partial charge on any atom is -0.431 e. The molecule has 0 aliphatic heterocycles. The predicted molar refractivity (Wildman–Crippen MR) is 74.7 cm³/mol. The lowest BCUT2D eigenvalue weighted by Gasteiger charge is -2.12. The van der Waals surface area contributed by atoms with Gasteiger partial charge in [-0.25, -0.2) is 11.4 Å². The van der Waals surface area contributed by atoms with Crippen LogP contribution in [0.1, 0.15) is 23.9 Å². The van der Waals surface area contributed by atoms with Crippen molar-refractivity contribution in [2.75, 3.05) is 0 Å². The third-order valence-electron chi connectivity index (χ3n) is 2.77. The molecule has 0 spiro atoms. The fraction of sp³-hybridized carbons (Fsp3) is 0.286. The number of hydrogen-bond donors (Lipinski definition) is 0. The molecule has 0 radical (unpaired) electrons. The standard InChI is InChI=1S/C14H11F3N4O2.H2/c1-4-6-13(8-18,19-3)9-21-7-10(12(22)23-5-2)11(20-21)14(15,16)17;/h4-5,7H,1-2,6,9H2;1H. The van der Waals surface area contributed by atoms with Gasteiger partial charge in [0.1, 0.15) is 12.1 Å². The van der Waals surface area contributed by atoms with Crippen LogP contribution in [0.25, 0.3) is 4.85 Å². The van der Waals surface area contributed by atoms with Gasteiger partial charge in [-0.15, -0.1) is 6.58 Å². The first-order valence-electron chi connectivity index (χ1n) is 6.10. The summed E-state index contributed by atoms with van der Waals surface area (Å²) in [6.45, 7) is 13.1. The molecule has 1 aromatic heterocycles. The van der Waals surface area contributed by atoms with E-state index in [-0.39, 0.29) is 7.85 Å². The average Bonchev–Trinajstić information content (AvgIpc) is 2.91. The highest BCUT2D eigenvalue weighted by molar-refractivity contribution is 5.91. The zero-order valence-electron chi connectivity index (χ0n) is 11.8. The number of alkyl halides is 3. The Morgan fingerprint density at radius 3 is 2.70 bits per heavy atom. The molecular weight excluding hydrogens is 313 g/mol. The van der Waals surface area contributed by atoms with Crippen LogP contribution in [0.15, 0.2) is 31.7 Å². The first-order valence-corrected chi connectivity index (χ1v) is 6.10. The van der Waals surface area contributed by atoms with Gasteiger partial charge in [-0.3, -0.25) is 9.53 Å². The lowest BCUT2D eigenvalue weighted by molar-refractivity contribution is -0.142. The number of hydrogen-bond acceptors (Lipinski definition) is 4. The maximum atomic E-state index is 13.0. The van der Waals surface area contributed by atoms with Crippen LogP contribution in [0.5, 0.6) is 0 Å². The molecule has 0 aromatic carbocycles. The van der Waals surface area contributed by atoms with E-state index in [2.05, 4.69) is 27.8 Å². The summed E-state index contributed by atoms with van der Waals surface area (Å²) in [6.07, 6.45) is -2.18. The van der Waals surface area contributed by atoms with E-state index in [4.69, 9.17) is 11.8 Å². The number of halogens is 3. The summed E-state index contributed by atoms with van der Waals surface area (Å²) in [5.41, 5.74) is -3.94. The van der Waals surface area contributed by atoms with Crippen molar-refractivity contribution in [2.45, 2.75) is 24.7 Å². The van der Waals surface area contributed by atoms with Gasteiger partial charge in [0.2, 0.25) is 0 Å². The Morgan fingerprint density at radius 1 is 1.61 bits per heavy atom. The molecule has 0 aliphatic carbocycles. The normalized spacial score (nSPS) is 13.3. The monoisotopic (exact) mass is 326 g/mol. The van der Waals surface area contributed by atoms with E-state index in [0.717, 1.165) is 10.9 Å². The number of ether oxygens (including phenoxy) is 1. The maximum Gasteiger partial charge on any atom is 0.436 e. The lowest BCUT2D eigenvalue weighted by Crippen LogP contribution is -2.28. The van der Waals surface area contributed by atoms with Crippen molar-refractivity contribution in [3.05, 3.63) is 54.4 Å². The van der Waals surface area contributed by atoms with E-state index >= 15 is 0 Å². The molecular formula is C14H13F3N4O2. The summed E-state index contributed by atoms with van der Waals surface area (Å²) in [4.78, 5) is 14.7. The van der Waals surface area contributed by atoms with Crippen LogP contribution in [-0.2, 0) is 17.5 Å². The van der Waals surface area contributed by atoms with E-state index in [1.165, 1.54) is 6.08 Å². The van der Waals surface area contributed by atoms with Gasteiger partial charge in [-0.2, -0.15) is 23.5 Å². The first kappa shape index (κ1) is 18.0. The van der Waals surface area contributed by atoms with Crippen LogP contribution in [0.2, 0.25) is 0 Å². The number of nitriles is 1. The van der Waals surface area contributed by atoms with Gasteiger partial charge in [-0.1, -0.05) is 12.7 Å². The molecule has 1 heterocycles. The topological polar surface area (TPSA) is 72.3 Å². The Morgan fingerprint density at radius 2 is 2.26 bits per heavy atom. The van der Waals surface area contributed by atoms with Gasteiger partial charge < -0.3 is 4.74 Å². The molecule has 1 atom stereocenters. The van der Waals surface area contributed by atoms with Gasteiger partial charge in [-0.05, 0) is 0 Å². The largest absolute Gasteiger partial charge is 0.436 e. The van der Waals surface area contributed by atoms with E-state index in [0.29, 0.717) is 6.26 Å². The van der Waals surface area contributed by atoms with Crippen LogP contribution in [0, 0.1) is 17.9 Å². The third kappa shape index (κ3) is 3.98. The quantitative estimate of drug-likeness (QED) is 0.348. The van der Waals surface area contributed by atoms with E-state index in [1.807, 2.05) is 0 Å². The summed E-state index contributed by atoms with van der Waals surface area (Å²) in [6, 6.07) is 1.74. The van der Waals surface area contributed by atoms with Crippen LogP contribution in [-0.4, -0.2) is 21.3 Å². The Balaban J connectivity index is 0.00000529. The number of aromatic nitrogens is 2. The second-order valence-corrected chi connectivity index (χ2v) is 4.41. The summed E-state index contributed by atoms with van der Waals surface area (Å²) in [5, 5.41) is 12.4. The maximum absolute atomic E-state index is 13.0. The van der Waals surface area contributed by atoms with Gasteiger partial charge >= 0.3 is 17.7 Å². The highest BCUT2D eigenvalue weighted by Crippen LogP contribution is 2.31. The van der Waals surface area contributed by atoms with Crippen LogP contribution < -0.4 is 0 Å². The number of esters is 1. The second kappa shape index (κ2) is 6.79. The number of nitrogens with zero attached hydrogens (tertiary/aromatic N) is 4. The van der Waals surface area contributed by atoms with Gasteiger partial charge in [0, 0.05) is 7.62 Å². The van der Waals surface area contributed by atoms with Crippen molar-refractivity contribution in [3.63, 3.8) is 0 Å². The molecule has 0 saturated heterocycles. The summed E-state index contributed by atoms with van der Waals surface area (Å²) in [7, 11) is 0. The summed E-state index contributed by atoms with van der Waals surface area (Å²) in [5.74, 6) is -1.28. The minimum absolute atomic E-state index is 0. The SMILES string of the molecule is [C-]#[N+]C(C#N)(CC=C)Cn1cc(C(=O)OC=C)c(C(F)(F)F)n1.[HH].